The van der Waals surface area contributed by atoms with Gasteiger partial charge < -0.3 is 9.80 Å². The minimum atomic E-state index is 0.693. The van der Waals surface area contributed by atoms with Gasteiger partial charge in [0.25, 0.3) is 0 Å². The maximum atomic E-state index is 5.07. The van der Waals surface area contributed by atoms with Gasteiger partial charge in [-0.05, 0) is 60.7 Å². The van der Waals surface area contributed by atoms with Crippen molar-refractivity contribution in [3.8, 4) is 0 Å². The van der Waals surface area contributed by atoms with Gasteiger partial charge >= 0.3 is 0 Å². The van der Waals surface area contributed by atoms with Crippen molar-refractivity contribution in [2.75, 3.05) is 9.80 Å². The molecule has 3 heteroatoms. The Bertz CT molecular complexity index is 1110. The molecule has 4 aromatic carbocycles. The summed E-state index contributed by atoms with van der Waals surface area (Å²) < 4.78 is 0. The zero-order chi connectivity index (χ0) is 23.0. The smallest absolute Gasteiger partial charge is 0.0654 e. The molecule has 34 heavy (non-hydrogen) atoms. The van der Waals surface area contributed by atoms with Gasteiger partial charge in [-0.15, -0.1) is 0 Å². The first kappa shape index (κ1) is 21.5. The van der Waals surface area contributed by atoms with E-state index in [1.807, 2.05) is 24.3 Å². The molecular weight excluding hydrogens is 414 g/mol. The average molecular weight is 442 g/mol. The van der Waals surface area contributed by atoms with Crippen molar-refractivity contribution >= 4 is 22.7 Å². The highest BCUT2D eigenvalue weighted by Gasteiger charge is 2.13. The number of rotatable bonds is 8. The molecule has 0 aliphatic carbocycles. The van der Waals surface area contributed by atoms with E-state index in [9.17, 15) is 0 Å². The van der Waals surface area contributed by atoms with Crippen LogP contribution < -0.4 is 9.80 Å². The van der Waals surface area contributed by atoms with E-state index in [-0.39, 0.29) is 0 Å². The summed E-state index contributed by atoms with van der Waals surface area (Å²) in [5.41, 5.74) is 6.66. The van der Waals surface area contributed by atoms with E-state index in [0.29, 0.717) is 13.1 Å². The van der Waals surface area contributed by atoms with Crippen LogP contribution in [0.4, 0.5) is 22.7 Å². The molecule has 0 aliphatic heterocycles. The summed E-state index contributed by atoms with van der Waals surface area (Å²) in [6, 6.07) is 48.3. The molecule has 0 unspecified atom stereocenters. The number of nitrogens with zero attached hydrogens (tertiary/aromatic N) is 3. The van der Waals surface area contributed by atoms with Gasteiger partial charge in [-0.25, -0.2) is 0 Å². The van der Waals surface area contributed by atoms with Crippen LogP contribution in [0.25, 0.3) is 0 Å². The Morgan fingerprint density at radius 2 is 0.647 bits per heavy atom. The monoisotopic (exact) mass is 441 g/mol. The number of aromatic nitrogens is 1. The summed E-state index contributed by atoms with van der Waals surface area (Å²) in [7, 11) is 0. The van der Waals surface area contributed by atoms with Crippen LogP contribution >= 0.6 is 0 Å². The van der Waals surface area contributed by atoms with Crippen LogP contribution in [0.5, 0.6) is 0 Å². The highest BCUT2D eigenvalue weighted by molar-refractivity contribution is 5.64. The van der Waals surface area contributed by atoms with Gasteiger partial charge in [0.15, 0.2) is 0 Å². The molecule has 5 aromatic rings. The predicted octanol–water partition coefficient (Wildman–Crippen LogP) is 7.76. The number of para-hydroxylation sites is 4. The molecule has 0 fully saturated rings. The summed E-state index contributed by atoms with van der Waals surface area (Å²) in [4.78, 5) is 9.68. The highest BCUT2D eigenvalue weighted by Crippen LogP contribution is 2.28. The summed E-state index contributed by atoms with van der Waals surface area (Å²) in [5.74, 6) is 0. The van der Waals surface area contributed by atoms with E-state index in [0.717, 1.165) is 34.1 Å². The van der Waals surface area contributed by atoms with Crippen molar-refractivity contribution < 1.29 is 0 Å². The molecule has 0 aliphatic rings. The van der Waals surface area contributed by atoms with Gasteiger partial charge in [0.2, 0.25) is 0 Å². The largest absolute Gasteiger partial charge is 0.335 e. The molecule has 5 rings (SSSR count). The molecule has 0 saturated heterocycles. The van der Waals surface area contributed by atoms with E-state index in [1.54, 1.807) is 0 Å². The molecule has 0 radical (unpaired) electrons. The molecule has 0 saturated carbocycles. The third kappa shape index (κ3) is 5.16. The van der Waals surface area contributed by atoms with Crippen molar-refractivity contribution in [3.63, 3.8) is 0 Å². The van der Waals surface area contributed by atoms with Crippen molar-refractivity contribution in [2.24, 2.45) is 0 Å². The Hall–Kier alpha value is -4.37. The molecule has 0 atom stereocenters. The van der Waals surface area contributed by atoms with Crippen molar-refractivity contribution in [1.82, 2.24) is 4.98 Å². The Kier molecular flexibility index (Phi) is 6.63. The second kappa shape index (κ2) is 10.5. The molecule has 0 spiro atoms. The molecular formula is C31H27N3. The normalized spacial score (nSPS) is 10.6. The van der Waals surface area contributed by atoms with Crippen LogP contribution in [0.1, 0.15) is 11.4 Å². The van der Waals surface area contributed by atoms with Gasteiger partial charge in [0, 0.05) is 22.7 Å². The number of hydrogen-bond acceptors (Lipinski definition) is 3. The van der Waals surface area contributed by atoms with Crippen molar-refractivity contribution in [3.05, 3.63) is 151 Å². The molecule has 0 N–H and O–H groups in total. The summed E-state index contributed by atoms with van der Waals surface area (Å²) >= 11 is 0. The van der Waals surface area contributed by atoms with Gasteiger partial charge in [-0.2, -0.15) is 0 Å². The standard InChI is InChI=1S/C31H27N3/c1-5-16-28(17-6-1)33(29-18-7-2-8-19-29)24-26-14-13-15-27(32-26)25-34(30-20-9-3-10-21-30)31-22-11-4-12-23-31/h1-23H,24-25H2. The lowest BCUT2D eigenvalue weighted by Gasteiger charge is -2.26. The minimum absolute atomic E-state index is 0.693. The Morgan fingerprint density at radius 3 is 0.941 bits per heavy atom. The lowest BCUT2D eigenvalue weighted by molar-refractivity contribution is 0.869. The van der Waals surface area contributed by atoms with Crippen LogP contribution in [0.3, 0.4) is 0 Å². The quantitative estimate of drug-likeness (QED) is 0.245. The molecule has 166 valence electrons. The molecule has 0 amide bonds. The number of pyridine rings is 1. The number of anilines is 4. The zero-order valence-corrected chi connectivity index (χ0v) is 19.0. The topological polar surface area (TPSA) is 19.4 Å². The van der Waals surface area contributed by atoms with Crippen molar-refractivity contribution in [2.45, 2.75) is 13.1 Å². The van der Waals surface area contributed by atoms with Crippen LogP contribution in [0, 0.1) is 0 Å². The highest BCUT2D eigenvalue weighted by atomic mass is 15.2. The first-order chi connectivity index (χ1) is 16.9. The fourth-order valence-electron chi connectivity index (χ4n) is 4.12. The number of benzene rings is 4. The van der Waals surface area contributed by atoms with Crippen molar-refractivity contribution in [1.29, 1.82) is 0 Å². The van der Waals surface area contributed by atoms with E-state index < -0.39 is 0 Å². The second-order valence-corrected chi connectivity index (χ2v) is 8.13. The van der Waals surface area contributed by atoms with Crippen LogP contribution in [0.15, 0.2) is 140 Å². The van der Waals surface area contributed by atoms with Crippen LogP contribution in [0.2, 0.25) is 0 Å². The minimum Gasteiger partial charge on any atom is -0.335 e. The second-order valence-electron chi connectivity index (χ2n) is 8.13. The van der Waals surface area contributed by atoms with Crippen LogP contribution in [-0.2, 0) is 13.1 Å². The SMILES string of the molecule is c1ccc(N(Cc2cccc(CN(c3ccccc3)c3ccccc3)n2)c2ccccc2)cc1. The van der Waals surface area contributed by atoms with E-state index in [4.69, 9.17) is 4.98 Å². The molecule has 0 bridgehead atoms. The fraction of sp³-hybridized carbons (Fsp3) is 0.0645. The Balaban J connectivity index is 1.44. The summed E-state index contributed by atoms with van der Waals surface area (Å²) in [5, 5.41) is 0. The van der Waals surface area contributed by atoms with Crippen LogP contribution in [-0.4, -0.2) is 4.98 Å². The maximum Gasteiger partial charge on any atom is 0.0654 e. The fourth-order valence-corrected chi connectivity index (χ4v) is 4.12. The molecule has 3 nitrogen and oxygen atoms in total. The lowest BCUT2D eigenvalue weighted by atomic mass is 10.2. The van der Waals surface area contributed by atoms with E-state index in [1.165, 1.54) is 0 Å². The van der Waals surface area contributed by atoms with Gasteiger partial charge in [-0.1, -0.05) is 78.9 Å². The van der Waals surface area contributed by atoms with Gasteiger partial charge in [0.05, 0.1) is 24.5 Å². The maximum absolute atomic E-state index is 5.07. The Morgan fingerprint density at radius 1 is 0.353 bits per heavy atom. The molecule has 1 heterocycles. The average Bonchev–Trinajstić information content (AvgIpc) is 2.92. The van der Waals surface area contributed by atoms with E-state index in [2.05, 4.69) is 125 Å². The predicted molar refractivity (Wildman–Crippen MR) is 142 cm³/mol. The Labute approximate surface area is 201 Å². The third-order valence-corrected chi connectivity index (χ3v) is 5.78. The lowest BCUT2D eigenvalue weighted by Crippen LogP contribution is -2.20. The van der Waals surface area contributed by atoms with E-state index >= 15 is 0 Å². The number of hydrogen-bond donors (Lipinski definition) is 0. The molecule has 1 aromatic heterocycles. The summed E-state index contributed by atoms with van der Waals surface area (Å²) in [6.07, 6.45) is 0. The third-order valence-electron chi connectivity index (χ3n) is 5.78. The van der Waals surface area contributed by atoms with Gasteiger partial charge in [-0.3, -0.25) is 4.98 Å². The summed E-state index contributed by atoms with van der Waals surface area (Å²) in [6.45, 7) is 1.39. The first-order valence-corrected chi connectivity index (χ1v) is 11.6. The zero-order valence-electron chi connectivity index (χ0n) is 19.0. The first-order valence-electron chi connectivity index (χ1n) is 11.6. The van der Waals surface area contributed by atoms with Gasteiger partial charge in [0.1, 0.15) is 0 Å².